The van der Waals surface area contributed by atoms with E-state index in [1.807, 2.05) is 49.4 Å². The summed E-state index contributed by atoms with van der Waals surface area (Å²) in [6, 6.07) is 17.9. The van der Waals surface area contributed by atoms with E-state index in [1.165, 1.54) is 4.90 Å². The molecule has 0 unspecified atom stereocenters. The van der Waals surface area contributed by atoms with Crippen LogP contribution in [0.25, 0.3) is 10.8 Å². The molecule has 0 saturated carbocycles. The number of hydrogen-bond acceptors (Lipinski definition) is 3. The first-order valence-corrected chi connectivity index (χ1v) is 10.8. The van der Waals surface area contributed by atoms with E-state index in [0.717, 1.165) is 10.8 Å². The van der Waals surface area contributed by atoms with Gasteiger partial charge < -0.3 is 15.0 Å². The summed E-state index contributed by atoms with van der Waals surface area (Å²) in [6.07, 6.45) is 0.449. The average Bonchev–Trinajstić information content (AvgIpc) is 2.78. The lowest BCUT2D eigenvalue weighted by Gasteiger charge is -2.30. The monoisotopic (exact) mass is 458 g/mol. The molecule has 31 heavy (non-hydrogen) atoms. The molecule has 3 aromatic carbocycles. The Morgan fingerprint density at radius 3 is 2.52 bits per heavy atom. The average molecular weight is 459 g/mol. The highest BCUT2D eigenvalue weighted by Crippen LogP contribution is 2.26. The van der Waals surface area contributed by atoms with E-state index in [9.17, 15) is 9.59 Å². The number of halogens is 2. The SMILES string of the molecule is CC[C@@H](C(=O)NC)N(Cc1ccc(Cl)cc1Cl)C(=O)COc1cccc2ccccc12. The maximum Gasteiger partial charge on any atom is 0.261 e. The zero-order chi connectivity index (χ0) is 22.4. The van der Waals surface area contributed by atoms with Gasteiger partial charge in [0.05, 0.1) is 0 Å². The van der Waals surface area contributed by atoms with Crippen LogP contribution in [-0.2, 0) is 16.1 Å². The number of ether oxygens (including phenoxy) is 1. The first-order chi connectivity index (χ1) is 14.9. The third-order valence-corrected chi connectivity index (χ3v) is 5.68. The van der Waals surface area contributed by atoms with Crippen molar-refractivity contribution in [2.24, 2.45) is 0 Å². The molecule has 0 aliphatic heterocycles. The smallest absolute Gasteiger partial charge is 0.261 e. The summed E-state index contributed by atoms with van der Waals surface area (Å²) in [4.78, 5) is 27.2. The van der Waals surface area contributed by atoms with Crippen LogP contribution >= 0.6 is 23.2 Å². The Hall–Kier alpha value is -2.76. The van der Waals surface area contributed by atoms with Crippen molar-refractivity contribution in [2.45, 2.75) is 25.9 Å². The van der Waals surface area contributed by atoms with Crippen molar-refractivity contribution in [3.05, 3.63) is 76.3 Å². The van der Waals surface area contributed by atoms with Crippen LogP contribution in [0.5, 0.6) is 5.75 Å². The first-order valence-electron chi connectivity index (χ1n) is 10.00. The number of nitrogens with zero attached hydrogens (tertiary/aromatic N) is 1. The number of benzene rings is 3. The van der Waals surface area contributed by atoms with Gasteiger partial charge in [0.1, 0.15) is 11.8 Å². The molecule has 0 fully saturated rings. The predicted molar refractivity (Wildman–Crippen MR) is 125 cm³/mol. The number of carbonyl (C=O) groups is 2. The first kappa shape index (κ1) is 22.9. The number of hydrogen-bond donors (Lipinski definition) is 1. The number of likely N-dealkylation sites (N-methyl/N-ethyl adjacent to an activating group) is 1. The largest absolute Gasteiger partial charge is 0.483 e. The van der Waals surface area contributed by atoms with Crippen molar-refractivity contribution in [1.29, 1.82) is 0 Å². The van der Waals surface area contributed by atoms with Gasteiger partial charge in [0, 0.05) is 29.0 Å². The molecule has 0 aliphatic carbocycles. The highest BCUT2D eigenvalue weighted by Gasteiger charge is 2.29. The molecule has 0 aliphatic rings. The van der Waals surface area contributed by atoms with Gasteiger partial charge in [0.15, 0.2) is 6.61 Å². The Morgan fingerprint density at radius 2 is 1.81 bits per heavy atom. The van der Waals surface area contributed by atoms with Gasteiger partial charge in [-0.1, -0.05) is 72.6 Å². The fraction of sp³-hybridized carbons (Fsp3) is 0.250. The zero-order valence-electron chi connectivity index (χ0n) is 17.4. The molecule has 0 saturated heterocycles. The second-order valence-corrected chi connectivity index (χ2v) is 7.91. The molecule has 1 atom stereocenters. The summed E-state index contributed by atoms with van der Waals surface area (Å²) in [5.41, 5.74) is 0.701. The van der Waals surface area contributed by atoms with Crippen LogP contribution in [0, 0.1) is 0 Å². The zero-order valence-corrected chi connectivity index (χ0v) is 18.9. The highest BCUT2D eigenvalue weighted by atomic mass is 35.5. The standard InChI is InChI=1S/C24H24Cl2N2O3/c1-3-21(24(30)27-2)28(14-17-11-12-18(25)13-20(17)26)23(29)15-31-22-10-6-8-16-7-4-5-9-19(16)22/h4-13,21H,3,14-15H2,1-2H3,(H,27,30)/t21-/m0/s1. The Balaban J connectivity index is 1.85. The van der Waals surface area contributed by atoms with Gasteiger partial charge in [-0.15, -0.1) is 0 Å². The second kappa shape index (κ2) is 10.5. The van der Waals surface area contributed by atoms with Crippen molar-refractivity contribution in [3.8, 4) is 5.75 Å². The summed E-state index contributed by atoms with van der Waals surface area (Å²) >= 11 is 12.3. The maximum absolute atomic E-state index is 13.2. The molecule has 5 nitrogen and oxygen atoms in total. The molecule has 2 amide bonds. The molecule has 0 spiro atoms. The molecule has 0 heterocycles. The van der Waals surface area contributed by atoms with E-state index in [1.54, 1.807) is 25.2 Å². The van der Waals surface area contributed by atoms with E-state index in [4.69, 9.17) is 27.9 Å². The van der Waals surface area contributed by atoms with Gasteiger partial charge >= 0.3 is 0 Å². The minimum Gasteiger partial charge on any atom is -0.483 e. The van der Waals surface area contributed by atoms with Crippen LogP contribution in [0.1, 0.15) is 18.9 Å². The van der Waals surface area contributed by atoms with Gasteiger partial charge in [-0.3, -0.25) is 9.59 Å². The molecule has 0 radical (unpaired) electrons. The van der Waals surface area contributed by atoms with E-state index in [2.05, 4.69) is 5.32 Å². The lowest BCUT2D eigenvalue weighted by atomic mass is 10.1. The molecular weight excluding hydrogens is 435 g/mol. The quantitative estimate of drug-likeness (QED) is 0.511. The number of carbonyl (C=O) groups excluding carboxylic acids is 2. The second-order valence-electron chi connectivity index (χ2n) is 7.06. The Bertz CT molecular complexity index is 1080. The van der Waals surface area contributed by atoms with Crippen LogP contribution < -0.4 is 10.1 Å². The fourth-order valence-electron chi connectivity index (χ4n) is 3.46. The van der Waals surface area contributed by atoms with E-state index < -0.39 is 6.04 Å². The molecule has 3 rings (SSSR count). The van der Waals surface area contributed by atoms with Crippen LogP contribution in [0.4, 0.5) is 0 Å². The molecule has 7 heteroatoms. The molecule has 0 bridgehead atoms. The lowest BCUT2D eigenvalue weighted by molar-refractivity contribution is -0.142. The topological polar surface area (TPSA) is 58.6 Å². The Labute approximate surface area is 191 Å². The van der Waals surface area contributed by atoms with Crippen LogP contribution in [0.3, 0.4) is 0 Å². The predicted octanol–water partition coefficient (Wildman–Crippen LogP) is 5.08. The van der Waals surface area contributed by atoms with E-state index in [0.29, 0.717) is 27.8 Å². The Morgan fingerprint density at radius 1 is 1.06 bits per heavy atom. The molecule has 162 valence electrons. The van der Waals surface area contributed by atoms with Crippen LogP contribution in [0.15, 0.2) is 60.7 Å². The molecule has 3 aromatic rings. The number of amides is 2. The summed E-state index contributed by atoms with van der Waals surface area (Å²) in [5, 5.41) is 5.51. The molecular formula is C24H24Cl2N2O3. The normalized spacial score (nSPS) is 11.7. The van der Waals surface area contributed by atoms with Crippen molar-refractivity contribution >= 4 is 45.8 Å². The van der Waals surface area contributed by atoms with Gasteiger partial charge in [-0.2, -0.15) is 0 Å². The third kappa shape index (κ3) is 5.49. The summed E-state index contributed by atoms with van der Waals surface area (Å²) in [5.74, 6) is 0.0596. The van der Waals surface area contributed by atoms with Gasteiger partial charge in [0.2, 0.25) is 5.91 Å². The van der Waals surface area contributed by atoms with Crippen molar-refractivity contribution in [3.63, 3.8) is 0 Å². The van der Waals surface area contributed by atoms with Crippen molar-refractivity contribution in [1.82, 2.24) is 10.2 Å². The van der Waals surface area contributed by atoms with Crippen molar-refractivity contribution in [2.75, 3.05) is 13.7 Å². The number of nitrogens with one attached hydrogen (secondary N) is 1. The summed E-state index contributed by atoms with van der Waals surface area (Å²) in [7, 11) is 1.55. The summed E-state index contributed by atoms with van der Waals surface area (Å²) in [6.45, 7) is 1.82. The lowest BCUT2D eigenvalue weighted by Crippen LogP contribution is -2.49. The maximum atomic E-state index is 13.2. The fourth-order valence-corrected chi connectivity index (χ4v) is 3.93. The molecule has 0 aromatic heterocycles. The highest BCUT2D eigenvalue weighted by molar-refractivity contribution is 6.35. The van der Waals surface area contributed by atoms with Crippen LogP contribution in [-0.4, -0.2) is 36.4 Å². The van der Waals surface area contributed by atoms with Crippen LogP contribution in [0.2, 0.25) is 10.0 Å². The van der Waals surface area contributed by atoms with Gasteiger partial charge in [-0.05, 0) is 35.6 Å². The molecule has 1 N–H and O–H groups in total. The minimum atomic E-state index is -0.652. The number of rotatable bonds is 8. The minimum absolute atomic E-state index is 0.166. The number of fused-ring (bicyclic) bond motifs is 1. The van der Waals surface area contributed by atoms with E-state index >= 15 is 0 Å². The van der Waals surface area contributed by atoms with Gasteiger partial charge in [-0.25, -0.2) is 0 Å². The van der Waals surface area contributed by atoms with Gasteiger partial charge in [0.25, 0.3) is 5.91 Å². The summed E-state index contributed by atoms with van der Waals surface area (Å²) < 4.78 is 5.88. The third-order valence-electron chi connectivity index (χ3n) is 5.09. The van der Waals surface area contributed by atoms with Crippen molar-refractivity contribution < 1.29 is 14.3 Å². The van der Waals surface area contributed by atoms with E-state index in [-0.39, 0.29) is 25.0 Å². The Kier molecular flexibility index (Phi) is 7.77.